The highest BCUT2D eigenvalue weighted by Gasteiger charge is 2.33. The van der Waals surface area contributed by atoms with Crippen LogP contribution in [0.25, 0.3) is 0 Å². The Morgan fingerprint density at radius 3 is 2.61 bits per heavy atom. The summed E-state index contributed by atoms with van der Waals surface area (Å²) < 4.78 is 13.4. The molecule has 0 aliphatic carbocycles. The molecule has 0 aliphatic rings. The molecule has 0 radical (unpaired) electrons. The lowest BCUT2D eigenvalue weighted by Crippen LogP contribution is -2.51. The van der Waals surface area contributed by atoms with Crippen molar-refractivity contribution < 1.29 is 19.1 Å². The molecule has 0 saturated carbocycles. The topological polar surface area (TPSA) is 66.4 Å². The molecule has 0 spiro atoms. The lowest BCUT2D eigenvalue weighted by molar-refractivity contribution is -0.143. The van der Waals surface area contributed by atoms with Gasteiger partial charge in [-0.15, -0.1) is 0 Å². The zero-order valence-electron chi connectivity index (χ0n) is 9.96. The van der Waals surface area contributed by atoms with Crippen molar-refractivity contribution in [3.05, 3.63) is 34.6 Å². The average Bonchev–Trinajstić information content (AvgIpc) is 2.31. The van der Waals surface area contributed by atoms with E-state index < -0.39 is 23.2 Å². The van der Waals surface area contributed by atoms with E-state index in [4.69, 9.17) is 16.7 Å². The molecule has 0 aliphatic heterocycles. The number of carbonyl (C=O) groups excluding carboxylic acids is 1. The van der Waals surface area contributed by atoms with Crippen LogP contribution in [0.5, 0.6) is 0 Å². The van der Waals surface area contributed by atoms with Gasteiger partial charge >= 0.3 is 5.97 Å². The highest BCUT2D eigenvalue weighted by molar-refractivity contribution is 6.31. The molecule has 4 nitrogen and oxygen atoms in total. The Hall–Kier alpha value is -1.62. The summed E-state index contributed by atoms with van der Waals surface area (Å²) in [5, 5.41) is 11.5. The van der Waals surface area contributed by atoms with Crippen LogP contribution in [0.3, 0.4) is 0 Å². The van der Waals surface area contributed by atoms with Gasteiger partial charge in [-0.1, -0.05) is 18.5 Å². The van der Waals surface area contributed by atoms with Crippen molar-refractivity contribution in [2.45, 2.75) is 25.8 Å². The Morgan fingerprint density at radius 2 is 2.11 bits per heavy atom. The van der Waals surface area contributed by atoms with Crippen LogP contribution in [0, 0.1) is 5.82 Å². The zero-order chi connectivity index (χ0) is 13.9. The molecule has 98 valence electrons. The second kappa shape index (κ2) is 5.35. The number of carboxylic acid groups (broad SMARTS) is 1. The van der Waals surface area contributed by atoms with Gasteiger partial charge in [0.05, 0.1) is 5.56 Å². The third kappa shape index (κ3) is 2.98. The molecular weight excluding hydrogens is 261 g/mol. The fraction of sp³-hybridized carbons (Fsp3) is 0.333. The Bertz CT molecular complexity index is 492. The van der Waals surface area contributed by atoms with E-state index in [1.54, 1.807) is 6.92 Å². The summed E-state index contributed by atoms with van der Waals surface area (Å²) in [6, 6.07) is 3.52. The van der Waals surface area contributed by atoms with E-state index in [-0.39, 0.29) is 17.0 Å². The van der Waals surface area contributed by atoms with Crippen molar-refractivity contribution in [1.29, 1.82) is 0 Å². The van der Waals surface area contributed by atoms with Gasteiger partial charge in [0.25, 0.3) is 5.91 Å². The number of hydrogen-bond donors (Lipinski definition) is 2. The number of aliphatic carboxylic acids is 1. The first-order chi connectivity index (χ1) is 8.30. The van der Waals surface area contributed by atoms with Crippen LogP contribution in [0.1, 0.15) is 30.6 Å². The van der Waals surface area contributed by atoms with E-state index >= 15 is 0 Å². The highest BCUT2D eigenvalue weighted by Crippen LogP contribution is 2.17. The van der Waals surface area contributed by atoms with E-state index in [0.717, 1.165) is 12.1 Å². The Kier molecular flexibility index (Phi) is 4.29. The molecule has 0 fully saturated rings. The number of carbonyl (C=O) groups is 2. The van der Waals surface area contributed by atoms with Crippen molar-refractivity contribution in [2.24, 2.45) is 0 Å². The van der Waals surface area contributed by atoms with Crippen LogP contribution in [0.4, 0.5) is 4.39 Å². The predicted octanol–water partition coefficient (Wildman–Crippen LogP) is 2.46. The number of carboxylic acids is 1. The van der Waals surface area contributed by atoms with E-state index in [2.05, 4.69) is 5.32 Å². The maximum atomic E-state index is 13.4. The molecule has 6 heteroatoms. The van der Waals surface area contributed by atoms with Gasteiger partial charge in [0, 0.05) is 5.02 Å². The Balaban J connectivity index is 3.02. The zero-order valence-corrected chi connectivity index (χ0v) is 10.7. The summed E-state index contributed by atoms with van der Waals surface area (Å²) in [7, 11) is 0. The molecule has 1 aromatic carbocycles. The summed E-state index contributed by atoms with van der Waals surface area (Å²) >= 11 is 5.67. The van der Waals surface area contributed by atoms with Crippen molar-refractivity contribution in [2.75, 3.05) is 0 Å². The largest absolute Gasteiger partial charge is 0.480 e. The minimum absolute atomic E-state index is 0.177. The van der Waals surface area contributed by atoms with E-state index in [0.29, 0.717) is 0 Å². The van der Waals surface area contributed by atoms with Crippen molar-refractivity contribution in [1.82, 2.24) is 5.32 Å². The summed E-state index contributed by atoms with van der Waals surface area (Å²) in [5.74, 6) is -2.73. The second-order valence-electron chi connectivity index (χ2n) is 4.07. The fourth-order valence-corrected chi connectivity index (χ4v) is 1.45. The molecule has 1 unspecified atom stereocenters. The first-order valence-corrected chi connectivity index (χ1v) is 5.69. The van der Waals surface area contributed by atoms with E-state index in [1.807, 2.05) is 0 Å². The van der Waals surface area contributed by atoms with Crippen molar-refractivity contribution >= 4 is 23.5 Å². The van der Waals surface area contributed by atoms with Gasteiger partial charge in [-0.25, -0.2) is 9.18 Å². The van der Waals surface area contributed by atoms with Gasteiger partial charge in [0.2, 0.25) is 0 Å². The standard InChI is InChI=1S/C12H13ClFNO3/c1-3-12(2,11(17)18)15-10(16)8-6-7(13)4-5-9(8)14/h4-6H,3H2,1-2H3,(H,15,16)(H,17,18). The number of rotatable bonds is 4. The first kappa shape index (κ1) is 14.4. The maximum absolute atomic E-state index is 13.4. The molecule has 18 heavy (non-hydrogen) atoms. The first-order valence-electron chi connectivity index (χ1n) is 5.31. The number of nitrogens with one attached hydrogen (secondary N) is 1. The van der Waals surface area contributed by atoms with Gasteiger partial charge in [-0.05, 0) is 31.5 Å². The molecule has 2 N–H and O–H groups in total. The SMILES string of the molecule is CCC(C)(NC(=O)c1cc(Cl)ccc1F)C(=O)O. The molecule has 0 aromatic heterocycles. The summed E-state index contributed by atoms with van der Waals surface area (Å²) in [6.45, 7) is 2.97. The van der Waals surface area contributed by atoms with Crippen LogP contribution < -0.4 is 5.32 Å². The van der Waals surface area contributed by atoms with Crippen molar-refractivity contribution in [3.63, 3.8) is 0 Å². The smallest absolute Gasteiger partial charge is 0.329 e. The molecule has 1 amide bonds. The fourth-order valence-electron chi connectivity index (χ4n) is 1.28. The molecule has 0 heterocycles. The maximum Gasteiger partial charge on any atom is 0.329 e. The monoisotopic (exact) mass is 273 g/mol. The Morgan fingerprint density at radius 1 is 1.50 bits per heavy atom. The number of hydrogen-bond acceptors (Lipinski definition) is 2. The molecule has 1 rings (SSSR count). The quantitative estimate of drug-likeness (QED) is 0.886. The van der Waals surface area contributed by atoms with Gasteiger partial charge < -0.3 is 10.4 Å². The normalized spacial score (nSPS) is 13.8. The van der Waals surface area contributed by atoms with Gasteiger partial charge in [-0.3, -0.25) is 4.79 Å². The number of halogens is 2. The van der Waals surface area contributed by atoms with E-state index in [1.165, 1.54) is 13.0 Å². The summed E-state index contributed by atoms with van der Waals surface area (Å²) in [5.41, 5.74) is -1.71. The van der Waals surface area contributed by atoms with Crippen LogP contribution in [0.2, 0.25) is 5.02 Å². The predicted molar refractivity (Wildman–Crippen MR) is 65.2 cm³/mol. The molecule has 0 bridgehead atoms. The Labute approximate surface area is 109 Å². The number of amides is 1. The van der Waals surface area contributed by atoms with Crippen LogP contribution in [-0.4, -0.2) is 22.5 Å². The van der Waals surface area contributed by atoms with Gasteiger partial charge in [0.1, 0.15) is 11.4 Å². The van der Waals surface area contributed by atoms with Gasteiger partial charge in [-0.2, -0.15) is 0 Å². The third-order valence-electron chi connectivity index (χ3n) is 2.74. The summed E-state index contributed by atoms with van der Waals surface area (Å²) in [6.07, 6.45) is 0.177. The van der Waals surface area contributed by atoms with Crippen molar-refractivity contribution in [3.8, 4) is 0 Å². The third-order valence-corrected chi connectivity index (χ3v) is 2.98. The average molecular weight is 274 g/mol. The summed E-state index contributed by atoms with van der Waals surface area (Å²) in [4.78, 5) is 22.9. The van der Waals surface area contributed by atoms with Crippen LogP contribution in [-0.2, 0) is 4.79 Å². The lowest BCUT2D eigenvalue weighted by Gasteiger charge is -2.24. The molecule has 1 atom stereocenters. The molecule has 1 aromatic rings. The minimum atomic E-state index is -1.44. The highest BCUT2D eigenvalue weighted by atomic mass is 35.5. The van der Waals surface area contributed by atoms with E-state index in [9.17, 15) is 14.0 Å². The van der Waals surface area contributed by atoms with Crippen LogP contribution >= 0.6 is 11.6 Å². The van der Waals surface area contributed by atoms with Gasteiger partial charge in [0.15, 0.2) is 0 Å². The molecular formula is C12H13ClFNO3. The molecule has 0 saturated heterocycles. The lowest BCUT2D eigenvalue weighted by atomic mass is 9.98. The second-order valence-corrected chi connectivity index (χ2v) is 4.51. The van der Waals surface area contributed by atoms with Crippen LogP contribution in [0.15, 0.2) is 18.2 Å². The minimum Gasteiger partial charge on any atom is -0.480 e. The number of benzene rings is 1.